The number of aromatic nitrogens is 2. The number of carboxylic acid groups (broad SMARTS) is 1. The maximum atomic E-state index is 10.9. The average Bonchev–Trinajstić information content (AvgIpc) is 2.42. The normalized spacial score (nSPS) is 10.2. The third-order valence-electron chi connectivity index (χ3n) is 2.25. The summed E-state index contributed by atoms with van der Waals surface area (Å²) in [6.45, 7) is 0. The van der Waals surface area contributed by atoms with Gasteiger partial charge in [0.15, 0.2) is 5.69 Å². The van der Waals surface area contributed by atoms with Crippen molar-refractivity contribution in [3.8, 4) is 11.8 Å². The van der Waals surface area contributed by atoms with E-state index >= 15 is 0 Å². The van der Waals surface area contributed by atoms with Gasteiger partial charge in [-0.05, 0) is 6.07 Å². The first-order valence-electron chi connectivity index (χ1n) is 5.26. The van der Waals surface area contributed by atoms with Gasteiger partial charge in [0, 0.05) is 18.3 Å². The number of aromatic carboxylic acids is 1. The van der Waals surface area contributed by atoms with Gasteiger partial charge in [-0.15, -0.1) is 0 Å². The summed E-state index contributed by atoms with van der Waals surface area (Å²) in [6, 6.07) is 2.92. The fraction of sp³-hybridized carbons (Fsp3) is 0. The van der Waals surface area contributed by atoms with Gasteiger partial charge in [-0.1, -0.05) is 23.2 Å². The number of nitrogens with zero attached hydrogens (tertiary/aromatic N) is 3. The summed E-state index contributed by atoms with van der Waals surface area (Å²) in [4.78, 5) is 28.3. The van der Waals surface area contributed by atoms with Crippen LogP contribution in [0.15, 0.2) is 24.4 Å². The lowest BCUT2D eigenvalue weighted by atomic mass is 10.3. The second-order valence-corrected chi connectivity index (χ2v) is 4.44. The zero-order valence-electron chi connectivity index (χ0n) is 9.99. The SMILES string of the molecule is O=C(O)c1ccnc(Oc2cc(Cl)c(Cl)cc2[N+](=O)[O-])n1. The van der Waals surface area contributed by atoms with E-state index in [1.54, 1.807) is 0 Å². The summed E-state index contributed by atoms with van der Waals surface area (Å²) in [5.41, 5.74) is -0.767. The smallest absolute Gasteiger partial charge is 0.354 e. The Labute approximate surface area is 127 Å². The van der Waals surface area contributed by atoms with Gasteiger partial charge in [-0.25, -0.2) is 9.78 Å². The van der Waals surface area contributed by atoms with E-state index in [2.05, 4.69) is 9.97 Å². The van der Waals surface area contributed by atoms with Gasteiger partial charge in [-0.2, -0.15) is 4.98 Å². The van der Waals surface area contributed by atoms with Crippen molar-refractivity contribution >= 4 is 34.9 Å². The van der Waals surface area contributed by atoms with Gasteiger partial charge in [0.2, 0.25) is 5.75 Å². The van der Waals surface area contributed by atoms with E-state index in [-0.39, 0.29) is 27.5 Å². The lowest BCUT2D eigenvalue weighted by Gasteiger charge is -2.06. The van der Waals surface area contributed by atoms with Crippen LogP contribution in [0.5, 0.6) is 11.8 Å². The van der Waals surface area contributed by atoms with Crippen LogP contribution in [-0.4, -0.2) is 26.0 Å². The van der Waals surface area contributed by atoms with Crippen LogP contribution >= 0.6 is 23.2 Å². The molecule has 2 aromatic rings. The highest BCUT2D eigenvalue weighted by molar-refractivity contribution is 6.42. The number of hydrogen-bond donors (Lipinski definition) is 1. The number of nitro benzene ring substituents is 1. The molecule has 1 aromatic heterocycles. The minimum absolute atomic E-state index is 0.0177. The molecule has 0 unspecified atom stereocenters. The number of nitro groups is 1. The largest absolute Gasteiger partial charge is 0.477 e. The Bertz CT molecular complexity index is 738. The number of hydrogen-bond acceptors (Lipinski definition) is 6. The van der Waals surface area contributed by atoms with Gasteiger partial charge in [0.25, 0.3) is 0 Å². The van der Waals surface area contributed by atoms with Crippen LogP contribution in [0.25, 0.3) is 0 Å². The van der Waals surface area contributed by atoms with Crippen LogP contribution in [0.4, 0.5) is 5.69 Å². The van der Waals surface area contributed by atoms with Gasteiger partial charge in [-0.3, -0.25) is 10.1 Å². The number of halogens is 2. The molecule has 108 valence electrons. The zero-order valence-corrected chi connectivity index (χ0v) is 11.5. The first-order chi connectivity index (χ1) is 9.88. The highest BCUT2D eigenvalue weighted by Gasteiger charge is 2.20. The Morgan fingerprint density at radius 1 is 1.33 bits per heavy atom. The zero-order chi connectivity index (χ0) is 15.6. The van der Waals surface area contributed by atoms with Crippen LogP contribution in [-0.2, 0) is 0 Å². The minimum atomic E-state index is -1.29. The van der Waals surface area contributed by atoms with E-state index in [1.165, 1.54) is 0 Å². The molecule has 0 spiro atoms. The van der Waals surface area contributed by atoms with E-state index in [1.807, 2.05) is 0 Å². The molecule has 21 heavy (non-hydrogen) atoms. The van der Waals surface area contributed by atoms with Crippen molar-refractivity contribution in [1.82, 2.24) is 9.97 Å². The Kier molecular flexibility index (Phi) is 4.20. The summed E-state index contributed by atoms with van der Waals surface area (Å²) >= 11 is 11.5. The molecule has 0 fully saturated rings. The fourth-order valence-electron chi connectivity index (χ4n) is 1.35. The predicted octanol–water partition coefficient (Wildman–Crippen LogP) is 3.18. The Morgan fingerprint density at radius 3 is 2.62 bits per heavy atom. The predicted molar refractivity (Wildman–Crippen MR) is 72.2 cm³/mol. The average molecular weight is 330 g/mol. The molecule has 0 saturated carbocycles. The van der Waals surface area contributed by atoms with Crippen LogP contribution in [0.3, 0.4) is 0 Å². The number of carbonyl (C=O) groups is 1. The molecule has 0 aliphatic heterocycles. The molecular formula is C11H5Cl2N3O5. The Balaban J connectivity index is 2.43. The van der Waals surface area contributed by atoms with E-state index in [0.29, 0.717) is 0 Å². The van der Waals surface area contributed by atoms with Gasteiger partial charge < -0.3 is 9.84 Å². The molecule has 0 radical (unpaired) electrons. The minimum Gasteiger partial charge on any atom is -0.477 e. The van der Waals surface area contributed by atoms with Crippen LogP contribution in [0.2, 0.25) is 10.0 Å². The molecule has 0 atom stereocenters. The monoisotopic (exact) mass is 329 g/mol. The van der Waals surface area contributed by atoms with Gasteiger partial charge >= 0.3 is 17.7 Å². The molecule has 8 nitrogen and oxygen atoms in total. The molecule has 0 bridgehead atoms. The standard InChI is InChI=1S/C11H5Cl2N3O5/c12-5-3-8(16(19)20)9(4-6(5)13)21-11-14-2-1-7(15-11)10(17)18/h1-4H,(H,17,18). The first kappa shape index (κ1) is 14.9. The number of rotatable bonds is 4. The molecule has 1 N–H and O–H groups in total. The highest BCUT2D eigenvalue weighted by atomic mass is 35.5. The van der Waals surface area contributed by atoms with E-state index in [0.717, 1.165) is 24.4 Å². The summed E-state index contributed by atoms with van der Waals surface area (Å²) in [5, 5.41) is 19.8. The summed E-state index contributed by atoms with van der Waals surface area (Å²) < 4.78 is 5.13. The van der Waals surface area contributed by atoms with Crippen molar-refractivity contribution in [2.45, 2.75) is 0 Å². The number of ether oxygens (including phenoxy) is 1. The molecule has 0 aliphatic rings. The summed E-state index contributed by atoms with van der Waals surface area (Å²) in [5.74, 6) is -1.54. The van der Waals surface area contributed by atoms with Crippen molar-refractivity contribution in [3.05, 3.63) is 50.2 Å². The molecular weight excluding hydrogens is 325 g/mol. The first-order valence-corrected chi connectivity index (χ1v) is 6.01. The van der Waals surface area contributed by atoms with Gasteiger partial charge in [0.1, 0.15) is 0 Å². The molecule has 1 aromatic carbocycles. The van der Waals surface area contributed by atoms with Crippen LogP contribution in [0.1, 0.15) is 10.5 Å². The lowest BCUT2D eigenvalue weighted by molar-refractivity contribution is -0.385. The molecule has 2 rings (SSSR count). The quantitative estimate of drug-likeness (QED) is 0.676. The number of carboxylic acids is 1. The van der Waals surface area contributed by atoms with Crippen molar-refractivity contribution in [2.24, 2.45) is 0 Å². The van der Waals surface area contributed by atoms with Crippen molar-refractivity contribution < 1.29 is 19.6 Å². The van der Waals surface area contributed by atoms with Crippen LogP contribution < -0.4 is 4.74 Å². The lowest BCUT2D eigenvalue weighted by Crippen LogP contribution is -2.03. The maximum absolute atomic E-state index is 10.9. The Hall–Kier alpha value is -2.45. The van der Waals surface area contributed by atoms with Crippen LogP contribution in [0, 0.1) is 10.1 Å². The van der Waals surface area contributed by atoms with E-state index in [4.69, 9.17) is 33.0 Å². The molecule has 0 aliphatic carbocycles. The second kappa shape index (κ2) is 5.90. The molecule has 0 saturated heterocycles. The summed E-state index contributed by atoms with van der Waals surface area (Å²) in [6.07, 6.45) is 1.15. The van der Waals surface area contributed by atoms with Gasteiger partial charge in [0.05, 0.1) is 15.0 Å². The number of benzene rings is 1. The molecule has 1 heterocycles. The topological polar surface area (TPSA) is 115 Å². The second-order valence-electron chi connectivity index (χ2n) is 3.62. The third-order valence-corrected chi connectivity index (χ3v) is 2.97. The van der Waals surface area contributed by atoms with Crippen molar-refractivity contribution in [3.63, 3.8) is 0 Å². The van der Waals surface area contributed by atoms with Crippen molar-refractivity contribution in [2.75, 3.05) is 0 Å². The fourth-order valence-corrected chi connectivity index (χ4v) is 1.66. The maximum Gasteiger partial charge on any atom is 0.354 e. The molecule has 0 amide bonds. The van der Waals surface area contributed by atoms with E-state index < -0.39 is 16.6 Å². The summed E-state index contributed by atoms with van der Waals surface area (Å²) in [7, 11) is 0. The van der Waals surface area contributed by atoms with Crippen molar-refractivity contribution in [1.29, 1.82) is 0 Å². The third kappa shape index (κ3) is 3.36. The molecule has 10 heteroatoms. The highest BCUT2D eigenvalue weighted by Crippen LogP contribution is 2.37. The Morgan fingerprint density at radius 2 is 2.00 bits per heavy atom. The van der Waals surface area contributed by atoms with E-state index in [9.17, 15) is 14.9 Å².